The minimum absolute atomic E-state index is 0.0512. The lowest BCUT2D eigenvalue weighted by Gasteiger charge is -2.23. The van der Waals surface area contributed by atoms with Gasteiger partial charge >= 0.3 is 12.1 Å². The molecule has 1 fully saturated rings. The van der Waals surface area contributed by atoms with Gasteiger partial charge < -0.3 is 14.2 Å². The van der Waals surface area contributed by atoms with E-state index in [2.05, 4.69) is 15.4 Å². The maximum absolute atomic E-state index is 13.0. The number of hydrogen-bond acceptors (Lipinski definition) is 8. The molecule has 4 heterocycles. The number of methoxy groups -OCH3 is 1. The van der Waals surface area contributed by atoms with Gasteiger partial charge in [-0.3, -0.25) is 0 Å². The van der Waals surface area contributed by atoms with Gasteiger partial charge in [-0.2, -0.15) is 5.10 Å². The molecule has 0 radical (unpaired) electrons. The summed E-state index contributed by atoms with van der Waals surface area (Å²) in [6, 6.07) is 13.4. The van der Waals surface area contributed by atoms with Gasteiger partial charge in [0.25, 0.3) is 0 Å². The largest absolute Gasteiger partial charge is 0.464 e. The standard InChI is InChI=1S/C30H32N6O5/c1-3-4-13-41-30(38)35-26-15-20(11-12-21(26)16-27(35)29(37)39-2)18-34-19-24(32-33-34)22-8-7-9-25-23(22)17-31-36(25)28-10-5-6-14-40-28/h7-9,11-12,15-17,19,28H,3-6,10,13-14,18H2,1-2H3. The first-order valence-corrected chi connectivity index (χ1v) is 14.0. The van der Waals surface area contributed by atoms with Crippen molar-refractivity contribution in [1.82, 2.24) is 29.3 Å². The highest BCUT2D eigenvalue weighted by Crippen LogP contribution is 2.31. The van der Waals surface area contributed by atoms with Crippen LogP contribution >= 0.6 is 0 Å². The van der Waals surface area contributed by atoms with E-state index in [1.165, 1.54) is 11.7 Å². The number of aromatic nitrogens is 6. The van der Waals surface area contributed by atoms with Gasteiger partial charge in [0.1, 0.15) is 11.4 Å². The molecule has 1 atom stereocenters. The van der Waals surface area contributed by atoms with Crippen LogP contribution in [0.15, 0.2) is 54.9 Å². The fourth-order valence-electron chi connectivity index (χ4n) is 5.29. The SMILES string of the molecule is CCCCOC(=O)n1c(C(=O)OC)cc2ccc(Cn3cc(-c4cccc5c4cnn5C4CCCCO4)nn3)cc21. The third-order valence-corrected chi connectivity index (χ3v) is 7.40. The average Bonchev–Trinajstić information content (AvgIpc) is 3.74. The van der Waals surface area contributed by atoms with E-state index in [9.17, 15) is 9.59 Å². The molecule has 1 aliphatic heterocycles. The second kappa shape index (κ2) is 11.5. The van der Waals surface area contributed by atoms with Crippen molar-refractivity contribution in [3.05, 3.63) is 66.1 Å². The Balaban J connectivity index is 1.28. The molecular weight excluding hydrogens is 524 g/mol. The molecule has 3 aromatic heterocycles. The zero-order valence-electron chi connectivity index (χ0n) is 23.2. The first kappa shape index (κ1) is 26.7. The van der Waals surface area contributed by atoms with Gasteiger partial charge in [0.15, 0.2) is 6.23 Å². The quantitative estimate of drug-likeness (QED) is 0.180. The van der Waals surface area contributed by atoms with Crippen LogP contribution < -0.4 is 0 Å². The molecule has 212 valence electrons. The molecule has 1 unspecified atom stereocenters. The number of rotatable bonds is 8. The van der Waals surface area contributed by atoms with E-state index < -0.39 is 12.1 Å². The molecule has 2 aromatic carbocycles. The van der Waals surface area contributed by atoms with Crippen molar-refractivity contribution in [2.45, 2.75) is 51.8 Å². The van der Waals surface area contributed by atoms with Gasteiger partial charge in [-0.1, -0.05) is 42.8 Å². The lowest BCUT2D eigenvalue weighted by molar-refractivity contribution is -0.0366. The average molecular weight is 557 g/mol. The number of carbonyl (C=O) groups excluding carboxylic acids is 2. The number of nitrogens with zero attached hydrogens (tertiary/aromatic N) is 6. The third-order valence-electron chi connectivity index (χ3n) is 7.40. The summed E-state index contributed by atoms with van der Waals surface area (Å²) in [5, 5.41) is 15.2. The smallest absolute Gasteiger partial charge is 0.419 e. The van der Waals surface area contributed by atoms with Crippen LogP contribution in [-0.2, 0) is 20.8 Å². The Morgan fingerprint density at radius 3 is 2.83 bits per heavy atom. The number of benzene rings is 2. The normalized spacial score (nSPS) is 15.4. The van der Waals surface area contributed by atoms with Crippen molar-refractivity contribution >= 4 is 33.9 Å². The molecule has 0 saturated carbocycles. The van der Waals surface area contributed by atoms with E-state index in [0.29, 0.717) is 12.1 Å². The van der Waals surface area contributed by atoms with Crippen molar-refractivity contribution in [3.63, 3.8) is 0 Å². The van der Waals surface area contributed by atoms with Crippen molar-refractivity contribution < 1.29 is 23.8 Å². The van der Waals surface area contributed by atoms with Crippen LogP contribution in [0.5, 0.6) is 0 Å². The molecule has 1 aliphatic rings. The van der Waals surface area contributed by atoms with Crippen LogP contribution in [0.2, 0.25) is 0 Å². The summed E-state index contributed by atoms with van der Waals surface area (Å²) >= 11 is 0. The third kappa shape index (κ3) is 5.20. The summed E-state index contributed by atoms with van der Waals surface area (Å²) in [7, 11) is 1.29. The molecule has 11 nitrogen and oxygen atoms in total. The van der Waals surface area contributed by atoms with Crippen LogP contribution in [0.1, 0.15) is 61.3 Å². The van der Waals surface area contributed by atoms with Gasteiger partial charge in [-0.25, -0.2) is 23.5 Å². The fourth-order valence-corrected chi connectivity index (χ4v) is 5.29. The molecule has 5 aromatic rings. The van der Waals surface area contributed by atoms with Crippen molar-refractivity contribution in [2.24, 2.45) is 0 Å². The van der Waals surface area contributed by atoms with E-state index in [1.54, 1.807) is 10.7 Å². The summed E-state index contributed by atoms with van der Waals surface area (Å²) in [4.78, 5) is 25.4. The highest BCUT2D eigenvalue weighted by Gasteiger charge is 2.23. The Bertz CT molecular complexity index is 1710. The molecule has 0 amide bonds. The Morgan fingerprint density at radius 1 is 1.12 bits per heavy atom. The first-order chi connectivity index (χ1) is 20.1. The van der Waals surface area contributed by atoms with Crippen molar-refractivity contribution in [3.8, 4) is 11.3 Å². The topological polar surface area (TPSA) is 115 Å². The lowest BCUT2D eigenvalue weighted by Crippen LogP contribution is -2.20. The van der Waals surface area contributed by atoms with Crippen molar-refractivity contribution in [2.75, 3.05) is 20.3 Å². The Labute approximate surface area is 236 Å². The Morgan fingerprint density at radius 2 is 2.02 bits per heavy atom. The van der Waals surface area contributed by atoms with Crippen molar-refractivity contribution in [1.29, 1.82) is 0 Å². The van der Waals surface area contributed by atoms with Gasteiger partial charge in [-0.05, 0) is 49.4 Å². The molecule has 0 bridgehead atoms. The predicted octanol–water partition coefficient (Wildman–Crippen LogP) is 5.57. The van der Waals surface area contributed by atoms with E-state index in [1.807, 2.05) is 60.4 Å². The van der Waals surface area contributed by atoms with Gasteiger partial charge in [0.2, 0.25) is 0 Å². The van der Waals surface area contributed by atoms with E-state index >= 15 is 0 Å². The second-order valence-corrected chi connectivity index (χ2v) is 10.2. The number of hydrogen-bond donors (Lipinski definition) is 0. The molecule has 11 heteroatoms. The summed E-state index contributed by atoms with van der Waals surface area (Å²) in [5.41, 5.74) is 4.24. The summed E-state index contributed by atoms with van der Waals surface area (Å²) in [5.74, 6) is -0.608. The van der Waals surface area contributed by atoms with Gasteiger partial charge in [-0.15, -0.1) is 5.10 Å². The molecular formula is C30H32N6O5. The first-order valence-electron chi connectivity index (χ1n) is 14.0. The second-order valence-electron chi connectivity index (χ2n) is 10.2. The van der Waals surface area contributed by atoms with Crippen LogP contribution in [0.3, 0.4) is 0 Å². The van der Waals surface area contributed by atoms with Gasteiger partial charge in [0.05, 0.1) is 43.7 Å². The molecule has 0 spiro atoms. The predicted molar refractivity (Wildman–Crippen MR) is 152 cm³/mol. The summed E-state index contributed by atoms with van der Waals surface area (Å²) in [6.07, 6.45) is 7.88. The molecule has 1 saturated heterocycles. The minimum Gasteiger partial charge on any atom is -0.464 e. The maximum Gasteiger partial charge on any atom is 0.419 e. The Hall–Kier alpha value is -4.51. The van der Waals surface area contributed by atoms with Crippen LogP contribution in [-0.4, -0.2) is 61.7 Å². The number of carbonyl (C=O) groups is 2. The number of unbranched alkanes of at least 4 members (excludes halogenated alkanes) is 1. The number of ether oxygens (including phenoxy) is 3. The monoisotopic (exact) mass is 556 g/mol. The van der Waals surface area contributed by atoms with Gasteiger partial charge in [0, 0.05) is 22.9 Å². The zero-order valence-corrected chi connectivity index (χ0v) is 23.2. The molecule has 41 heavy (non-hydrogen) atoms. The van der Waals surface area contributed by atoms with E-state index in [4.69, 9.17) is 14.2 Å². The van der Waals surface area contributed by atoms with Crippen LogP contribution in [0.25, 0.3) is 33.1 Å². The lowest BCUT2D eigenvalue weighted by atomic mass is 10.1. The molecule has 0 N–H and O–H groups in total. The molecule has 0 aliphatic carbocycles. The van der Waals surface area contributed by atoms with Crippen LogP contribution in [0, 0.1) is 0 Å². The van der Waals surface area contributed by atoms with E-state index in [-0.39, 0.29) is 18.5 Å². The Kier molecular flexibility index (Phi) is 7.51. The van der Waals surface area contributed by atoms with Crippen LogP contribution in [0.4, 0.5) is 4.79 Å². The highest BCUT2D eigenvalue weighted by molar-refractivity contribution is 6.01. The fraction of sp³-hybridized carbons (Fsp3) is 0.367. The summed E-state index contributed by atoms with van der Waals surface area (Å²) < 4.78 is 21.3. The number of esters is 1. The maximum atomic E-state index is 13.0. The van der Waals surface area contributed by atoms with E-state index in [0.717, 1.165) is 71.8 Å². The summed E-state index contributed by atoms with van der Waals surface area (Å²) in [6.45, 7) is 3.45. The molecule has 6 rings (SSSR count). The minimum atomic E-state index is -0.610. The zero-order chi connectivity index (χ0) is 28.3. The number of fused-ring (bicyclic) bond motifs is 2. The highest BCUT2D eigenvalue weighted by atomic mass is 16.6.